The number of aromatic nitrogens is 2. The van der Waals surface area contributed by atoms with Gasteiger partial charge in [-0.2, -0.15) is 0 Å². The van der Waals surface area contributed by atoms with Crippen molar-refractivity contribution < 1.29 is 9.21 Å². The third-order valence-electron chi connectivity index (χ3n) is 4.38. The van der Waals surface area contributed by atoms with Gasteiger partial charge in [-0.1, -0.05) is 29.3 Å². The smallest absolute Gasteiger partial charge is 0.254 e. The first kappa shape index (κ1) is 16.8. The molecule has 0 bridgehead atoms. The van der Waals surface area contributed by atoms with E-state index < -0.39 is 0 Å². The molecule has 5 nitrogen and oxygen atoms in total. The van der Waals surface area contributed by atoms with Gasteiger partial charge >= 0.3 is 0 Å². The van der Waals surface area contributed by atoms with Gasteiger partial charge in [0.2, 0.25) is 11.8 Å². The van der Waals surface area contributed by atoms with Crippen LogP contribution in [0.1, 0.15) is 34.7 Å². The number of nitrogens with zero attached hydrogens (tertiary/aromatic N) is 3. The molecule has 1 aromatic heterocycles. The van der Waals surface area contributed by atoms with Crippen LogP contribution in [0.15, 0.2) is 52.9 Å². The van der Waals surface area contributed by atoms with Gasteiger partial charge < -0.3 is 9.32 Å². The third-order valence-corrected chi connectivity index (χ3v) is 4.63. The molecule has 1 aliphatic carbocycles. The van der Waals surface area contributed by atoms with Crippen LogP contribution in [-0.2, 0) is 6.54 Å². The summed E-state index contributed by atoms with van der Waals surface area (Å²) in [4.78, 5) is 14.7. The highest BCUT2D eigenvalue weighted by molar-refractivity contribution is 6.30. The van der Waals surface area contributed by atoms with Crippen molar-refractivity contribution in [2.75, 3.05) is 0 Å². The molecule has 0 aliphatic heterocycles. The van der Waals surface area contributed by atoms with E-state index in [1.807, 2.05) is 48.2 Å². The average Bonchev–Trinajstić information content (AvgIpc) is 3.38. The maximum Gasteiger partial charge on any atom is 0.254 e. The van der Waals surface area contributed by atoms with Crippen LogP contribution in [0.2, 0.25) is 5.02 Å². The molecular formula is C20H18ClN3O2. The zero-order chi connectivity index (χ0) is 18.1. The van der Waals surface area contributed by atoms with Gasteiger partial charge in [-0.15, -0.1) is 10.2 Å². The highest BCUT2D eigenvalue weighted by Gasteiger charge is 2.34. The molecular weight excluding hydrogens is 350 g/mol. The van der Waals surface area contributed by atoms with E-state index in [0.717, 1.165) is 24.0 Å². The molecule has 0 atom stereocenters. The Morgan fingerprint density at radius 1 is 1.19 bits per heavy atom. The summed E-state index contributed by atoms with van der Waals surface area (Å²) in [6, 6.07) is 15.1. The van der Waals surface area contributed by atoms with E-state index in [1.54, 1.807) is 12.1 Å². The Hall–Kier alpha value is -2.66. The summed E-state index contributed by atoms with van der Waals surface area (Å²) < 4.78 is 5.77. The second kappa shape index (κ2) is 6.92. The second-order valence-electron chi connectivity index (χ2n) is 6.54. The van der Waals surface area contributed by atoms with E-state index in [4.69, 9.17) is 16.0 Å². The first-order valence-corrected chi connectivity index (χ1v) is 8.94. The van der Waals surface area contributed by atoms with Crippen LogP contribution < -0.4 is 0 Å². The van der Waals surface area contributed by atoms with Crippen LogP contribution in [-0.4, -0.2) is 27.0 Å². The quantitative estimate of drug-likeness (QED) is 0.666. The lowest BCUT2D eigenvalue weighted by Gasteiger charge is -2.20. The molecule has 0 N–H and O–H groups in total. The number of amides is 1. The summed E-state index contributed by atoms with van der Waals surface area (Å²) in [5.74, 6) is 0.862. The number of halogens is 1. The lowest BCUT2D eigenvalue weighted by molar-refractivity contribution is 0.0714. The number of aryl methyl sites for hydroxylation is 1. The molecule has 26 heavy (non-hydrogen) atoms. The lowest BCUT2D eigenvalue weighted by Crippen LogP contribution is -2.32. The van der Waals surface area contributed by atoms with Crippen LogP contribution >= 0.6 is 11.6 Å². The first-order chi connectivity index (χ1) is 12.6. The Balaban J connectivity index is 1.54. The molecule has 1 saturated carbocycles. The topological polar surface area (TPSA) is 59.2 Å². The standard InChI is InChI=1S/C20H18ClN3O2/c1-13-3-2-4-15(11-13)20(25)24(17-9-10-17)12-18-22-23-19(26-18)14-5-7-16(21)8-6-14/h2-8,11,17H,9-10,12H2,1H3. The highest BCUT2D eigenvalue weighted by atomic mass is 35.5. The van der Waals surface area contributed by atoms with Gasteiger partial charge in [-0.05, 0) is 56.2 Å². The van der Waals surface area contributed by atoms with Crippen molar-refractivity contribution in [1.29, 1.82) is 0 Å². The van der Waals surface area contributed by atoms with Crippen LogP contribution in [0.4, 0.5) is 0 Å². The van der Waals surface area contributed by atoms with E-state index in [2.05, 4.69) is 10.2 Å². The molecule has 0 saturated heterocycles. The molecule has 1 heterocycles. The Bertz CT molecular complexity index is 932. The summed E-state index contributed by atoms with van der Waals surface area (Å²) in [6.07, 6.45) is 2.02. The molecule has 1 aliphatic rings. The van der Waals surface area contributed by atoms with Gasteiger partial charge in [0.05, 0.1) is 6.54 Å². The maximum atomic E-state index is 12.9. The number of hydrogen-bond acceptors (Lipinski definition) is 4. The van der Waals surface area contributed by atoms with Crippen molar-refractivity contribution in [2.45, 2.75) is 32.4 Å². The average molecular weight is 368 g/mol. The number of carbonyl (C=O) groups is 1. The molecule has 4 rings (SSSR count). The monoisotopic (exact) mass is 367 g/mol. The fraction of sp³-hybridized carbons (Fsp3) is 0.250. The molecule has 0 unspecified atom stereocenters. The molecule has 3 aromatic rings. The normalized spacial score (nSPS) is 13.6. The summed E-state index contributed by atoms with van der Waals surface area (Å²) >= 11 is 5.91. The predicted molar refractivity (Wildman–Crippen MR) is 98.8 cm³/mol. The zero-order valence-electron chi connectivity index (χ0n) is 14.4. The molecule has 6 heteroatoms. The molecule has 132 valence electrons. The fourth-order valence-corrected chi connectivity index (χ4v) is 3.00. The van der Waals surface area contributed by atoms with Crippen LogP contribution in [0.3, 0.4) is 0 Å². The Kier molecular flexibility index (Phi) is 4.47. The Morgan fingerprint density at radius 2 is 1.96 bits per heavy atom. The SMILES string of the molecule is Cc1cccc(C(=O)N(Cc2nnc(-c3ccc(Cl)cc3)o2)C2CC2)c1. The van der Waals surface area contributed by atoms with Crippen molar-refractivity contribution in [1.82, 2.24) is 15.1 Å². The lowest BCUT2D eigenvalue weighted by atomic mass is 10.1. The maximum absolute atomic E-state index is 12.9. The molecule has 1 fully saturated rings. The molecule has 2 aromatic carbocycles. The van der Waals surface area contributed by atoms with E-state index in [1.165, 1.54) is 0 Å². The summed E-state index contributed by atoms with van der Waals surface area (Å²) in [7, 11) is 0. The van der Waals surface area contributed by atoms with Crippen molar-refractivity contribution in [3.05, 3.63) is 70.6 Å². The first-order valence-electron chi connectivity index (χ1n) is 8.56. The van der Waals surface area contributed by atoms with Gasteiger partial charge in [0.15, 0.2) is 0 Å². The van der Waals surface area contributed by atoms with Crippen LogP contribution in [0, 0.1) is 6.92 Å². The predicted octanol–water partition coefficient (Wildman–Crippen LogP) is 4.50. The largest absolute Gasteiger partial charge is 0.419 e. The minimum Gasteiger partial charge on any atom is -0.419 e. The zero-order valence-corrected chi connectivity index (χ0v) is 15.1. The van der Waals surface area contributed by atoms with Crippen LogP contribution in [0.5, 0.6) is 0 Å². The third kappa shape index (κ3) is 3.63. The van der Waals surface area contributed by atoms with Crippen molar-refractivity contribution in [3.63, 3.8) is 0 Å². The van der Waals surface area contributed by atoms with E-state index in [-0.39, 0.29) is 11.9 Å². The van der Waals surface area contributed by atoms with Gasteiger partial charge in [0.1, 0.15) is 0 Å². The fourth-order valence-electron chi connectivity index (χ4n) is 2.87. The Morgan fingerprint density at radius 3 is 2.65 bits per heavy atom. The molecule has 1 amide bonds. The minimum atomic E-state index is 0.00226. The van der Waals surface area contributed by atoms with E-state index in [0.29, 0.717) is 28.9 Å². The molecule has 0 spiro atoms. The number of rotatable bonds is 5. The minimum absolute atomic E-state index is 0.00226. The number of carbonyl (C=O) groups excluding carboxylic acids is 1. The van der Waals surface area contributed by atoms with Gasteiger partial charge in [-0.25, -0.2) is 0 Å². The number of benzene rings is 2. The molecule has 0 radical (unpaired) electrons. The summed E-state index contributed by atoms with van der Waals surface area (Å²) in [6.45, 7) is 2.30. The van der Waals surface area contributed by atoms with Gasteiger partial charge in [0.25, 0.3) is 5.91 Å². The van der Waals surface area contributed by atoms with Crippen molar-refractivity contribution in [2.24, 2.45) is 0 Å². The summed E-state index contributed by atoms with van der Waals surface area (Å²) in [5.41, 5.74) is 2.56. The van der Waals surface area contributed by atoms with E-state index >= 15 is 0 Å². The highest BCUT2D eigenvalue weighted by Crippen LogP contribution is 2.30. The van der Waals surface area contributed by atoms with Gasteiger partial charge in [0, 0.05) is 22.2 Å². The van der Waals surface area contributed by atoms with Crippen LogP contribution in [0.25, 0.3) is 11.5 Å². The van der Waals surface area contributed by atoms with Crippen molar-refractivity contribution in [3.8, 4) is 11.5 Å². The Labute approximate surface area is 156 Å². The summed E-state index contributed by atoms with van der Waals surface area (Å²) in [5, 5.41) is 8.86. The van der Waals surface area contributed by atoms with Crippen molar-refractivity contribution >= 4 is 17.5 Å². The van der Waals surface area contributed by atoms with E-state index in [9.17, 15) is 4.79 Å². The number of hydrogen-bond donors (Lipinski definition) is 0. The van der Waals surface area contributed by atoms with Gasteiger partial charge in [-0.3, -0.25) is 4.79 Å². The second-order valence-corrected chi connectivity index (χ2v) is 6.98.